The molecule has 1 saturated carbocycles. The van der Waals surface area contributed by atoms with Crippen molar-refractivity contribution in [2.75, 3.05) is 6.26 Å². The molecule has 28 heavy (non-hydrogen) atoms. The van der Waals surface area contributed by atoms with E-state index in [9.17, 15) is 4.79 Å². The Morgan fingerprint density at radius 3 is 2.50 bits per heavy atom. The summed E-state index contributed by atoms with van der Waals surface area (Å²) in [6.07, 6.45) is 7.56. The van der Waals surface area contributed by atoms with E-state index >= 15 is 0 Å². The summed E-state index contributed by atoms with van der Waals surface area (Å²) in [4.78, 5) is 19.0. The zero-order chi connectivity index (χ0) is 19.1. The molecular formula is C24H24N2OS. The quantitative estimate of drug-likeness (QED) is 0.465. The largest absolute Gasteiger partial charge is 0.283 e. The molecule has 2 aromatic carbocycles. The van der Waals surface area contributed by atoms with Gasteiger partial charge < -0.3 is 0 Å². The summed E-state index contributed by atoms with van der Waals surface area (Å²) in [7, 11) is 0. The Kier molecular flexibility index (Phi) is 4.39. The first-order valence-corrected chi connectivity index (χ1v) is 11.3. The maximum absolute atomic E-state index is 13.9. The van der Waals surface area contributed by atoms with E-state index in [1.807, 2.05) is 29.0 Å². The zero-order valence-electron chi connectivity index (χ0n) is 16.1. The Labute approximate surface area is 169 Å². The molecule has 1 spiro atoms. The van der Waals surface area contributed by atoms with Gasteiger partial charge in [0.15, 0.2) is 5.16 Å². The molecule has 142 valence electrons. The minimum atomic E-state index is -0.0385. The van der Waals surface area contributed by atoms with Gasteiger partial charge in [0.1, 0.15) is 0 Å². The fourth-order valence-electron chi connectivity index (χ4n) is 5.11. The number of thioether (sulfide) groups is 1. The second-order valence-electron chi connectivity index (χ2n) is 8.02. The standard InChI is InChI=1S/C24H24N2OS/c1-28-23-25-21-19-12-6-5-11-18(19)15-24(13-7-8-14-24)20(21)22(27)26(23)16-17-9-3-2-4-10-17/h2-6,9-12H,7-8,13-16H2,1H3. The number of nitrogens with zero attached hydrogens (tertiary/aromatic N) is 2. The number of hydrogen-bond donors (Lipinski definition) is 0. The molecule has 0 saturated heterocycles. The highest BCUT2D eigenvalue weighted by Crippen LogP contribution is 2.49. The molecule has 3 aromatic rings. The molecule has 1 aromatic heterocycles. The van der Waals surface area contributed by atoms with Crippen molar-refractivity contribution in [3.63, 3.8) is 0 Å². The Balaban J connectivity index is 1.76. The van der Waals surface area contributed by atoms with Crippen molar-refractivity contribution in [1.82, 2.24) is 9.55 Å². The van der Waals surface area contributed by atoms with Gasteiger partial charge in [-0.05, 0) is 36.6 Å². The SMILES string of the molecule is CSc1nc2c(c(=O)n1Cc1ccccc1)C1(CCCC1)Cc1ccccc1-2. The van der Waals surface area contributed by atoms with E-state index in [1.54, 1.807) is 11.8 Å². The second-order valence-corrected chi connectivity index (χ2v) is 8.79. The predicted molar refractivity (Wildman–Crippen MR) is 115 cm³/mol. The third kappa shape index (κ3) is 2.74. The number of fused-ring (bicyclic) bond motifs is 4. The third-order valence-electron chi connectivity index (χ3n) is 6.39. The van der Waals surface area contributed by atoms with Gasteiger partial charge in [0.05, 0.1) is 17.8 Å². The van der Waals surface area contributed by atoms with Crippen molar-refractivity contribution in [1.29, 1.82) is 0 Å². The summed E-state index contributed by atoms with van der Waals surface area (Å²) in [5.74, 6) is 0. The molecule has 0 amide bonds. The molecule has 3 nitrogen and oxygen atoms in total. The van der Waals surface area contributed by atoms with Crippen LogP contribution in [0.15, 0.2) is 64.5 Å². The molecule has 2 aliphatic carbocycles. The van der Waals surface area contributed by atoms with Crippen LogP contribution in [0.3, 0.4) is 0 Å². The smallest absolute Gasteiger partial charge is 0.258 e. The van der Waals surface area contributed by atoms with Crippen molar-refractivity contribution in [2.24, 2.45) is 0 Å². The van der Waals surface area contributed by atoms with Crippen molar-refractivity contribution < 1.29 is 0 Å². The molecule has 0 unspecified atom stereocenters. The Morgan fingerprint density at radius 1 is 1.04 bits per heavy atom. The molecule has 0 atom stereocenters. The molecule has 0 bridgehead atoms. The highest BCUT2D eigenvalue weighted by Gasteiger charge is 2.44. The molecular weight excluding hydrogens is 364 g/mol. The summed E-state index contributed by atoms with van der Waals surface area (Å²) >= 11 is 1.56. The summed E-state index contributed by atoms with van der Waals surface area (Å²) < 4.78 is 1.90. The van der Waals surface area contributed by atoms with E-state index in [4.69, 9.17) is 4.98 Å². The van der Waals surface area contributed by atoms with E-state index in [0.717, 1.165) is 46.8 Å². The van der Waals surface area contributed by atoms with Gasteiger partial charge in [-0.1, -0.05) is 79.2 Å². The Morgan fingerprint density at radius 2 is 1.75 bits per heavy atom. The van der Waals surface area contributed by atoms with Crippen LogP contribution in [0, 0.1) is 0 Å². The molecule has 0 radical (unpaired) electrons. The molecule has 4 heteroatoms. The lowest BCUT2D eigenvalue weighted by molar-refractivity contribution is 0.417. The lowest BCUT2D eigenvalue weighted by atomic mass is 9.68. The fraction of sp³-hybridized carbons (Fsp3) is 0.333. The first-order chi connectivity index (χ1) is 13.7. The van der Waals surface area contributed by atoms with Crippen molar-refractivity contribution in [3.8, 4) is 11.3 Å². The van der Waals surface area contributed by atoms with Gasteiger partial charge in [0, 0.05) is 11.0 Å². The van der Waals surface area contributed by atoms with Gasteiger partial charge >= 0.3 is 0 Å². The molecule has 1 fully saturated rings. The van der Waals surface area contributed by atoms with Crippen molar-refractivity contribution >= 4 is 11.8 Å². The fourth-order valence-corrected chi connectivity index (χ4v) is 5.66. The topological polar surface area (TPSA) is 34.9 Å². The summed E-state index contributed by atoms with van der Waals surface area (Å²) in [6.45, 7) is 0.577. The van der Waals surface area contributed by atoms with E-state index < -0.39 is 0 Å². The van der Waals surface area contributed by atoms with Gasteiger partial charge in [0.25, 0.3) is 5.56 Å². The molecule has 2 aliphatic rings. The van der Waals surface area contributed by atoms with Gasteiger partial charge in [-0.2, -0.15) is 0 Å². The number of benzene rings is 2. The predicted octanol–water partition coefficient (Wildman–Crippen LogP) is 5.05. The lowest BCUT2D eigenvalue weighted by Crippen LogP contribution is -2.40. The minimum absolute atomic E-state index is 0.0385. The van der Waals surface area contributed by atoms with E-state index in [0.29, 0.717) is 6.54 Å². The van der Waals surface area contributed by atoms with Crippen LogP contribution in [-0.2, 0) is 18.4 Å². The Hall–Kier alpha value is -2.33. The average molecular weight is 389 g/mol. The van der Waals surface area contributed by atoms with Crippen LogP contribution in [0.1, 0.15) is 42.4 Å². The monoisotopic (exact) mass is 388 g/mol. The molecule has 0 aliphatic heterocycles. The first kappa shape index (κ1) is 17.7. The van der Waals surface area contributed by atoms with Gasteiger partial charge in [-0.15, -0.1) is 0 Å². The summed E-state index contributed by atoms with van der Waals surface area (Å²) in [5.41, 5.74) is 5.65. The normalized spacial score (nSPS) is 16.8. The maximum Gasteiger partial charge on any atom is 0.258 e. The number of rotatable bonds is 3. The van der Waals surface area contributed by atoms with Crippen LogP contribution in [0.5, 0.6) is 0 Å². The first-order valence-electron chi connectivity index (χ1n) is 10.0. The van der Waals surface area contributed by atoms with Gasteiger partial charge in [-0.3, -0.25) is 9.36 Å². The van der Waals surface area contributed by atoms with E-state index in [1.165, 1.54) is 18.4 Å². The van der Waals surface area contributed by atoms with E-state index in [2.05, 4.69) is 36.4 Å². The van der Waals surface area contributed by atoms with Crippen LogP contribution in [0.4, 0.5) is 0 Å². The van der Waals surface area contributed by atoms with Crippen LogP contribution in [0.2, 0.25) is 0 Å². The zero-order valence-corrected chi connectivity index (χ0v) is 17.0. The van der Waals surface area contributed by atoms with Crippen LogP contribution in [-0.4, -0.2) is 15.8 Å². The van der Waals surface area contributed by atoms with Crippen molar-refractivity contribution in [2.45, 2.75) is 49.2 Å². The number of hydrogen-bond acceptors (Lipinski definition) is 3. The van der Waals surface area contributed by atoms with Crippen LogP contribution >= 0.6 is 11.8 Å². The van der Waals surface area contributed by atoms with Crippen LogP contribution in [0.25, 0.3) is 11.3 Å². The average Bonchev–Trinajstić information content (AvgIpc) is 3.18. The maximum atomic E-state index is 13.9. The number of aromatic nitrogens is 2. The van der Waals surface area contributed by atoms with Crippen LogP contribution < -0.4 is 5.56 Å². The highest BCUT2D eigenvalue weighted by molar-refractivity contribution is 7.98. The van der Waals surface area contributed by atoms with Gasteiger partial charge in [0.2, 0.25) is 0 Å². The lowest BCUT2D eigenvalue weighted by Gasteiger charge is -2.36. The molecule has 0 N–H and O–H groups in total. The van der Waals surface area contributed by atoms with E-state index in [-0.39, 0.29) is 11.0 Å². The minimum Gasteiger partial charge on any atom is -0.283 e. The third-order valence-corrected chi connectivity index (χ3v) is 7.07. The van der Waals surface area contributed by atoms with Crippen molar-refractivity contribution in [3.05, 3.63) is 81.6 Å². The summed E-state index contributed by atoms with van der Waals surface area (Å²) in [5, 5.41) is 0.803. The highest BCUT2D eigenvalue weighted by atomic mass is 32.2. The Bertz CT molecular complexity index is 1080. The van der Waals surface area contributed by atoms with Gasteiger partial charge in [-0.25, -0.2) is 4.98 Å². The molecule has 1 heterocycles. The summed E-state index contributed by atoms with van der Waals surface area (Å²) in [6, 6.07) is 18.7. The molecule has 5 rings (SSSR count). The second kappa shape index (κ2) is 6.93.